The second-order valence-electron chi connectivity index (χ2n) is 3.80. The Morgan fingerprint density at radius 3 is 1.87 bits per heavy atom. The average Bonchev–Trinajstić information content (AvgIpc) is 2.25. The third-order valence-electron chi connectivity index (χ3n) is 2.27. The fourth-order valence-corrected chi connectivity index (χ4v) is 1.28. The molecule has 3 unspecified atom stereocenters. The third kappa shape index (κ3) is 6.03. The molecule has 15 heavy (non-hydrogen) atoms. The first-order valence-electron chi connectivity index (χ1n) is 4.88. The predicted molar refractivity (Wildman–Crippen MR) is 52.1 cm³/mol. The molecule has 92 valence electrons. The maximum absolute atomic E-state index is 9.75. The molecule has 0 fully saturated rings. The van der Waals surface area contributed by atoms with Crippen molar-refractivity contribution >= 4 is 0 Å². The summed E-state index contributed by atoms with van der Waals surface area (Å²) < 4.78 is 0. The van der Waals surface area contributed by atoms with Gasteiger partial charge in [-0.1, -0.05) is 0 Å². The van der Waals surface area contributed by atoms with Gasteiger partial charge in [-0.2, -0.15) is 0 Å². The Morgan fingerprint density at radius 1 is 0.933 bits per heavy atom. The molecule has 0 bridgehead atoms. The highest BCUT2D eigenvalue weighted by atomic mass is 16.3. The Hall–Kier alpha value is -0.240. The molecule has 0 aliphatic carbocycles. The van der Waals surface area contributed by atoms with Crippen LogP contribution in [-0.2, 0) is 0 Å². The molecule has 0 aromatic rings. The average molecular weight is 224 g/mol. The van der Waals surface area contributed by atoms with Gasteiger partial charge in [0.25, 0.3) is 0 Å². The molecule has 0 aliphatic rings. The molecule has 0 heterocycles. The second-order valence-corrected chi connectivity index (χ2v) is 3.80. The van der Waals surface area contributed by atoms with E-state index in [9.17, 15) is 5.11 Å². The minimum absolute atomic E-state index is 0.0439. The Kier molecular flexibility index (Phi) is 6.99. The maximum atomic E-state index is 9.75. The van der Waals surface area contributed by atoms with Crippen molar-refractivity contribution < 1.29 is 30.6 Å². The minimum Gasteiger partial charge on any atom is -0.394 e. The summed E-state index contributed by atoms with van der Waals surface area (Å²) in [6, 6.07) is 0. The summed E-state index contributed by atoms with van der Waals surface area (Å²) in [7, 11) is 0. The molecular weight excluding hydrogens is 204 g/mol. The molecule has 0 amide bonds. The molecular formula is C9H20O6. The van der Waals surface area contributed by atoms with Gasteiger partial charge in [0, 0.05) is 6.42 Å². The van der Waals surface area contributed by atoms with Gasteiger partial charge in [-0.15, -0.1) is 0 Å². The quantitative estimate of drug-likeness (QED) is 0.273. The smallest absolute Gasteiger partial charge is 0.0903 e. The fraction of sp³-hybridized carbons (Fsp3) is 1.00. The molecule has 0 rings (SSSR count). The molecule has 0 aromatic carbocycles. The van der Waals surface area contributed by atoms with Crippen LogP contribution in [0.25, 0.3) is 0 Å². The Bertz CT molecular complexity index is 165. The van der Waals surface area contributed by atoms with Crippen LogP contribution in [0.15, 0.2) is 0 Å². The van der Waals surface area contributed by atoms with E-state index >= 15 is 0 Å². The van der Waals surface area contributed by atoms with Crippen molar-refractivity contribution in [3.8, 4) is 0 Å². The van der Waals surface area contributed by atoms with Gasteiger partial charge in [-0.05, 0) is 12.8 Å². The van der Waals surface area contributed by atoms with Crippen LogP contribution in [0.3, 0.4) is 0 Å². The van der Waals surface area contributed by atoms with Gasteiger partial charge in [-0.25, -0.2) is 0 Å². The molecule has 0 aliphatic heterocycles. The molecule has 0 aromatic heterocycles. The largest absolute Gasteiger partial charge is 0.394 e. The van der Waals surface area contributed by atoms with E-state index in [0.717, 1.165) is 0 Å². The van der Waals surface area contributed by atoms with E-state index in [1.54, 1.807) is 0 Å². The SMILES string of the molecule is OCC(O)CCC(O)(CO)CC(O)CO. The van der Waals surface area contributed by atoms with Gasteiger partial charge >= 0.3 is 0 Å². The van der Waals surface area contributed by atoms with Crippen molar-refractivity contribution in [2.24, 2.45) is 0 Å². The number of aliphatic hydroxyl groups is 6. The van der Waals surface area contributed by atoms with E-state index in [1.165, 1.54) is 0 Å². The van der Waals surface area contributed by atoms with Crippen molar-refractivity contribution in [1.82, 2.24) is 0 Å². The summed E-state index contributed by atoms with van der Waals surface area (Å²) in [6.07, 6.45) is -2.06. The molecule has 0 spiro atoms. The van der Waals surface area contributed by atoms with Gasteiger partial charge in [0.15, 0.2) is 0 Å². The van der Waals surface area contributed by atoms with E-state index in [1.807, 2.05) is 0 Å². The van der Waals surface area contributed by atoms with Crippen LogP contribution in [0.2, 0.25) is 0 Å². The summed E-state index contributed by atoms with van der Waals surface area (Å²) in [4.78, 5) is 0. The molecule has 0 radical (unpaired) electrons. The lowest BCUT2D eigenvalue weighted by atomic mass is 9.91. The van der Waals surface area contributed by atoms with Crippen molar-refractivity contribution in [1.29, 1.82) is 0 Å². The highest BCUT2D eigenvalue weighted by Crippen LogP contribution is 2.20. The zero-order valence-electron chi connectivity index (χ0n) is 8.58. The fourth-order valence-electron chi connectivity index (χ4n) is 1.28. The highest BCUT2D eigenvalue weighted by molar-refractivity contribution is 4.81. The lowest BCUT2D eigenvalue weighted by molar-refractivity contribution is -0.0720. The van der Waals surface area contributed by atoms with E-state index in [-0.39, 0.29) is 19.3 Å². The number of aliphatic hydroxyl groups excluding tert-OH is 5. The van der Waals surface area contributed by atoms with Crippen molar-refractivity contribution in [3.05, 3.63) is 0 Å². The highest BCUT2D eigenvalue weighted by Gasteiger charge is 2.29. The molecule has 6 heteroatoms. The van der Waals surface area contributed by atoms with Crippen LogP contribution >= 0.6 is 0 Å². The lowest BCUT2D eigenvalue weighted by Crippen LogP contribution is -2.39. The summed E-state index contributed by atoms with van der Waals surface area (Å²) >= 11 is 0. The maximum Gasteiger partial charge on any atom is 0.0903 e. The molecule has 6 N–H and O–H groups in total. The molecule has 6 nitrogen and oxygen atoms in total. The summed E-state index contributed by atoms with van der Waals surface area (Å²) in [5.41, 5.74) is -1.53. The van der Waals surface area contributed by atoms with Crippen molar-refractivity contribution in [3.63, 3.8) is 0 Å². The molecule has 0 saturated carbocycles. The van der Waals surface area contributed by atoms with Crippen molar-refractivity contribution in [2.45, 2.75) is 37.1 Å². The Morgan fingerprint density at radius 2 is 1.47 bits per heavy atom. The second kappa shape index (κ2) is 7.10. The summed E-state index contributed by atoms with van der Waals surface area (Å²) in [6.45, 7) is -1.48. The van der Waals surface area contributed by atoms with Gasteiger partial charge in [0.05, 0.1) is 37.6 Å². The Labute approximate surface area is 88.4 Å². The van der Waals surface area contributed by atoms with E-state index in [2.05, 4.69) is 0 Å². The zero-order chi connectivity index (χ0) is 11.9. The van der Waals surface area contributed by atoms with E-state index in [0.29, 0.717) is 0 Å². The Balaban J connectivity index is 4.06. The minimum atomic E-state index is -1.53. The van der Waals surface area contributed by atoms with Gasteiger partial charge < -0.3 is 30.6 Å². The number of hydrogen-bond donors (Lipinski definition) is 6. The first-order valence-corrected chi connectivity index (χ1v) is 4.88. The number of hydrogen-bond acceptors (Lipinski definition) is 6. The van der Waals surface area contributed by atoms with Crippen LogP contribution in [0.1, 0.15) is 19.3 Å². The van der Waals surface area contributed by atoms with Gasteiger partial charge in [-0.3, -0.25) is 0 Å². The topological polar surface area (TPSA) is 121 Å². The third-order valence-corrected chi connectivity index (χ3v) is 2.27. The normalized spacial score (nSPS) is 19.6. The summed E-state index contributed by atoms with van der Waals surface area (Å²) in [5, 5.41) is 54.0. The number of rotatable bonds is 8. The van der Waals surface area contributed by atoms with E-state index in [4.69, 9.17) is 25.5 Å². The zero-order valence-corrected chi connectivity index (χ0v) is 8.58. The summed E-state index contributed by atoms with van der Waals surface area (Å²) in [5.74, 6) is 0. The molecule has 3 atom stereocenters. The van der Waals surface area contributed by atoms with Crippen LogP contribution in [0.4, 0.5) is 0 Å². The van der Waals surface area contributed by atoms with Gasteiger partial charge in [0.1, 0.15) is 0 Å². The van der Waals surface area contributed by atoms with Crippen LogP contribution in [0.5, 0.6) is 0 Å². The first kappa shape index (κ1) is 14.8. The lowest BCUT2D eigenvalue weighted by Gasteiger charge is -2.28. The molecule has 0 saturated heterocycles. The van der Waals surface area contributed by atoms with Crippen molar-refractivity contribution in [2.75, 3.05) is 19.8 Å². The standard InChI is InChI=1S/C9H20O6/c10-4-7(13)1-2-9(15,6-12)3-8(14)5-11/h7-8,10-15H,1-6H2. The van der Waals surface area contributed by atoms with Crippen LogP contribution in [0, 0.1) is 0 Å². The monoisotopic (exact) mass is 224 g/mol. The first-order chi connectivity index (χ1) is 6.97. The van der Waals surface area contributed by atoms with Crippen LogP contribution < -0.4 is 0 Å². The predicted octanol–water partition coefficient (Wildman–Crippen LogP) is -2.41. The van der Waals surface area contributed by atoms with Gasteiger partial charge in [0.2, 0.25) is 0 Å². The van der Waals surface area contributed by atoms with Crippen LogP contribution in [-0.4, -0.2) is 68.3 Å². The van der Waals surface area contributed by atoms with E-state index < -0.39 is 37.6 Å².